The second-order valence-electron chi connectivity index (χ2n) is 23.9. The third-order valence-corrected chi connectivity index (χ3v) is 15.0. The fraction of sp³-hybridized carbons (Fsp3) is 0.417. The number of esters is 1. The van der Waals surface area contributed by atoms with Crippen LogP contribution in [0.3, 0.4) is 0 Å². The Bertz CT molecular complexity index is 3070. The lowest BCUT2D eigenvalue weighted by atomic mass is 9.92. The zero-order valence-electron chi connectivity index (χ0n) is 52.3. The summed E-state index contributed by atoms with van der Waals surface area (Å²) >= 11 is 0. The number of hydrogen-bond acceptors (Lipinski definition) is 9. The van der Waals surface area contributed by atoms with Crippen LogP contribution in [-0.2, 0) is 55.8 Å². The second-order valence-corrected chi connectivity index (χ2v) is 23.9. The smallest absolute Gasteiger partial charge is 0.307 e. The van der Waals surface area contributed by atoms with E-state index < -0.39 is 47.4 Å². The summed E-state index contributed by atoms with van der Waals surface area (Å²) in [6.07, 6.45) is 3.37. The highest BCUT2D eigenvalue weighted by atomic mass is 16.6. The molecule has 5 N–H and O–H groups in total. The molecular weight excluding hydrogens is 1080 g/mol. The molecule has 0 aliphatic heterocycles. The summed E-state index contributed by atoms with van der Waals surface area (Å²) in [6.45, 7) is 17.7. The van der Waals surface area contributed by atoms with Gasteiger partial charge in [-0.3, -0.25) is 28.8 Å². The molecule has 6 aromatic rings. The maximum atomic E-state index is 13.7. The van der Waals surface area contributed by atoms with Gasteiger partial charge < -0.3 is 40.6 Å². The van der Waals surface area contributed by atoms with Gasteiger partial charge in [0, 0.05) is 26.1 Å². The zero-order chi connectivity index (χ0) is 62.8. The molecule has 0 saturated carbocycles. The molecule has 0 aromatic heterocycles. The van der Waals surface area contributed by atoms with E-state index >= 15 is 0 Å². The van der Waals surface area contributed by atoms with Gasteiger partial charge in [-0.2, -0.15) is 0 Å². The minimum Gasteiger partial charge on any atom is -0.481 e. The Labute approximate surface area is 510 Å². The van der Waals surface area contributed by atoms with Crippen LogP contribution in [0.2, 0.25) is 0 Å². The van der Waals surface area contributed by atoms with Crippen molar-refractivity contribution in [3.63, 3.8) is 0 Å². The molecule has 86 heavy (non-hydrogen) atoms. The number of carbonyl (C=O) groups excluding carboxylic acids is 5. The Morgan fingerprint density at radius 2 is 0.837 bits per heavy atom. The molecule has 0 aliphatic carbocycles. The molecule has 0 fully saturated rings. The molecule has 0 heterocycles. The standard InChI is InChI=1S/C38H50N2O5.C34H42N2O5/c1-26(2)35(37(43)39-33(25-44-7)30-18-12-9-13-19-30)40-36(42)31(24-34(41)45-38(4,5)6)20-14-15-28-21-22-32(27(3)23-28)29-16-10-8-11-17-29;1-23(2)32(34(40)35-30(22-41-4)27-15-9-6-10-16-27)36-33(39)28(21-31(37)38)17-11-12-25-18-19-29(24(3)20-25)26-13-7-5-8-14-26/h8-13,16-19,21-23,26,31,33,35H,14-15,20,24-25H2,1-7H3,(H,39,43)(H,40,42);5-10,13-16,18-20,23,28,30,32H,11-12,17,21-22H2,1-4H3,(H,35,40)(H,36,39)(H,37,38)/t31-,33?,35+;28-,30?,32+/m11/s1. The number of amides is 4. The number of nitrogens with one attached hydrogen (secondary N) is 4. The predicted molar refractivity (Wildman–Crippen MR) is 341 cm³/mol. The number of carboxylic acid groups (broad SMARTS) is 1. The van der Waals surface area contributed by atoms with E-state index in [1.54, 1.807) is 14.2 Å². The van der Waals surface area contributed by atoms with E-state index in [0.29, 0.717) is 32.3 Å². The van der Waals surface area contributed by atoms with Gasteiger partial charge in [-0.1, -0.05) is 185 Å². The number of carboxylic acids is 1. The number of aryl methyl sites for hydroxylation is 4. The van der Waals surface area contributed by atoms with Crippen LogP contribution in [0.5, 0.6) is 0 Å². The van der Waals surface area contributed by atoms with E-state index in [2.05, 4.69) is 95.8 Å². The number of carbonyl (C=O) groups is 6. The summed E-state index contributed by atoms with van der Waals surface area (Å²) in [7, 11) is 3.16. The van der Waals surface area contributed by atoms with Crippen LogP contribution in [0.4, 0.5) is 0 Å². The van der Waals surface area contributed by atoms with E-state index in [4.69, 9.17) is 14.2 Å². The summed E-state index contributed by atoms with van der Waals surface area (Å²) in [5.74, 6) is -4.60. The van der Waals surface area contributed by atoms with Crippen molar-refractivity contribution in [2.75, 3.05) is 27.4 Å². The topological polar surface area (TPSA) is 198 Å². The summed E-state index contributed by atoms with van der Waals surface area (Å²) in [5.41, 5.74) is 10.5. The molecule has 0 radical (unpaired) electrons. The van der Waals surface area contributed by atoms with E-state index in [1.165, 1.54) is 33.4 Å². The van der Waals surface area contributed by atoms with Crippen molar-refractivity contribution in [3.05, 3.63) is 191 Å². The van der Waals surface area contributed by atoms with Gasteiger partial charge in [0.25, 0.3) is 0 Å². The highest BCUT2D eigenvalue weighted by molar-refractivity contribution is 5.91. The van der Waals surface area contributed by atoms with E-state index in [-0.39, 0.29) is 61.1 Å². The van der Waals surface area contributed by atoms with Gasteiger partial charge in [0.15, 0.2) is 0 Å². The van der Waals surface area contributed by atoms with Crippen LogP contribution >= 0.6 is 0 Å². The van der Waals surface area contributed by atoms with Crippen molar-refractivity contribution in [2.45, 2.75) is 143 Å². The maximum Gasteiger partial charge on any atom is 0.307 e. The Morgan fingerprint density at radius 3 is 1.16 bits per heavy atom. The highest BCUT2D eigenvalue weighted by Crippen LogP contribution is 2.28. The predicted octanol–water partition coefficient (Wildman–Crippen LogP) is 12.7. The van der Waals surface area contributed by atoms with Crippen LogP contribution in [0, 0.1) is 37.5 Å². The van der Waals surface area contributed by atoms with Crippen LogP contribution in [0.15, 0.2) is 158 Å². The van der Waals surface area contributed by atoms with E-state index in [1.807, 2.05) is 146 Å². The molecule has 460 valence electrons. The van der Waals surface area contributed by atoms with Crippen molar-refractivity contribution < 1.29 is 48.1 Å². The maximum absolute atomic E-state index is 13.7. The van der Waals surface area contributed by atoms with Gasteiger partial charge in [0.05, 0.1) is 38.1 Å². The third-order valence-electron chi connectivity index (χ3n) is 15.0. The Balaban J connectivity index is 0.000000315. The molecule has 6 atom stereocenters. The first-order valence-corrected chi connectivity index (χ1v) is 30.1. The fourth-order valence-corrected chi connectivity index (χ4v) is 10.5. The lowest BCUT2D eigenvalue weighted by molar-refractivity contribution is -0.157. The Kier molecular flexibility index (Phi) is 27.9. The summed E-state index contributed by atoms with van der Waals surface area (Å²) in [5, 5.41) is 21.4. The molecule has 0 bridgehead atoms. The molecule has 14 heteroatoms. The minimum atomic E-state index is -1.04. The summed E-state index contributed by atoms with van der Waals surface area (Å²) < 4.78 is 16.2. The van der Waals surface area contributed by atoms with Crippen molar-refractivity contribution in [1.29, 1.82) is 0 Å². The van der Waals surface area contributed by atoms with Gasteiger partial charge in [-0.25, -0.2) is 0 Å². The normalized spacial score (nSPS) is 13.4. The SMILES string of the molecule is COCC(NC(=O)[C@@H](NC(=O)[C@H](CCCc1ccc(-c2ccccc2)c(C)c1)CC(=O)O)C(C)C)c1ccccc1.COCC(NC(=O)[C@@H](NC(=O)[C@H](CCCc1ccc(-c2ccccc2)c(C)c1)CC(=O)OC(C)(C)C)C(C)C)c1ccccc1. The third kappa shape index (κ3) is 22.8. The molecule has 6 aromatic carbocycles. The van der Waals surface area contributed by atoms with Crippen LogP contribution in [0.25, 0.3) is 22.3 Å². The van der Waals surface area contributed by atoms with E-state index in [9.17, 15) is 33.9 Å². The first kappa shape index (κ1) is 68.8. The van der Waals surface area contributed by atoms with Crippen molar-refractivity contribution in [1.82, 2.24) is 21.3 Å². The molecule has 0 saturated heterocycles. The van der Waals surface area contributed by atoms with Gasteiger partial charge in [0.2, 0.25) is 23.6 Å². The van der Waals surface area contributed by atoms with Crippen molar-refractivity contribution >= 4 is 35.6 Å². The van der Waals surface area contributed by atoms with Gasteiger partial charge in [-0.15, -0.1) is 0 Å². The van der Waals surface area contributed by atoms with Gasteiger partial charge >= 0.3 is 11.9 Å². The number of rotatable bonds is 30. The molecule has 2 unspecified atom stereocenters. The Hall–Kier alpha value is -7.94. The van der Waals surface area contributed by atoms with Crippen molar-refractivity contribution in [2.24, 2.45) is 23.7 Å². The largest absolute Gasteiger partial charge is 0.481 e. The number of methoxy groups -OCH3 is 2. The highest BCUT2D eigenvalue weighted by Gasteiger charge is 2.33. The van der Waals surface area contributed by atoms with Gasteiger partial charge in [0.1, 0.15) is 17.7 Å². The minimum absolute atomic E-state index is 0.0577. The average molecular weight is 1170 g/mol. The first-order chi connectivity index (χ1) is 41.1. The number of aliphatic carboxylic acids is 1. The van der Waals surface area contributed by atoms with Crippen molar-refractivity contribution in [3.8, 4) is 22.3 Å². The number of ether oxygens (including phenoxy) is 3. The van der Waals surface area contributed by atoms with Crippen LogP contribution in [-0.4, -0.2) is 85.8 Å². The summed E-state index contributed by atoms with van der Waals surface area (Å²) in [6, 6.07) is 50.0. The average Bonchev–Trinajstić information content (AvgIpc) is 2.61. The lowest BCUT2D eigenvalue weighted by Gasteiger charge is -2.27. The van der Waals surface area contributed by atoms with Crippen LogP contribution in [0.1, 0.15) is 132 Å². The lowest BCUT2D eigenvalue weighted by Crippen LogP contribution is -2.52. The fourth-order valence-electron chi connectivity index (χ4n) is 10.5. The molecular formula is C72H92N4O10. The molecule has 0 spiro atoms. The van der Waals surface area contributed by atoms with E-state index in [0.717, 1.165) is 35.1 Å². The van der Waals surface area contributed by atoms with Gasteiger partial charge in [-0.05, 0) is 141 Å². The number of benzene rings is 6. The molecule has 0 aliphatic rings. The monoisotopic (exact) mass is 1170 g/mol. The first-order valence-electron chi connectivity index (χ1n) is 30.1. The van der Waals surface area contributed by atoms with Crippen LogP contribution < -0.4 is 21.3 Å². The quantitative estimate of drug-likeness (QED) is 0.0271. The number of hydrogen-bond donors (Lipinski definition) is 5. The Morgan fingerprint density at radius 1 is 0.477 bits per heavy atom. The molecule has 14 nitrogen and oxygen atoms in total. The molecule has 6 rings (SSSR count). The second kappa shape index (κ2) is 34.9. The molecule has 4 amide bonds. The zero-order valence-corrected chi connectivity index (χ0v) is 52.3. The summed E-state index contributed by atoms with van der Waals surface area (Å²) in [4.78, 5) is 78.3.